The Morgan fingerprint density at radius 2 is 1.78 bits per heavy atom. The zero-order chi connectivity index (χ0) is 25.0. The highest BCUT2D eigenvalue weighted by atomic mass is 19.1. The van der Waals surface area contributed by atoms with Gasteiger partial charge >= 0.3 is 11.6 Å². The number of anilines is 1. The molecule has 5 aromatic rings. The highest BCUT2D eigenvalue weighted by Gasteiger charge is 2.31. The molecule has 0 unspecified atom stereocenters. The first kappa shape index (κ1) is 22.2. The summed E-state index contributed by atoms with van der Waals surface area (Å²) in [6, 6.07) is 18.2. The number of halogens is 1. The SMILES string of the molecule is Cc1cc(-c2c(-c3ccccc3)[nH+]c(N)n3c(=O)n([C@@H]4CCCc5ccc(F)cc54)nc23)cc(C)n1. The second-order valence-corrected chi connectivity index (χ2v) is 9.40. The monoisotopic (exact) mass is 481 g/mol. The maximum atomic E-state index is 14.2. The molecule has 1 aliphatic rings. The predicted octanol–water partition coefficient (Wildman–Crippen LogP) is 4.30. The van der Waals surface area contributed by atoms with Crippen molar-refractivity contribution in [1.82, 2.24) is 19.2 Å². The molecule has 6 rings (SSSR count). The molecule has 0 saturated heterocycles. The fourth-order valence-corrected chi connectivity index (χ4v) is 5.40. The highest BCUT2D eigenvalue weighted by molar-refractivity contribution is 5.88. The molecule has 0 spiro atoms. The Morgan fingerprint density at radius 3 is 2.53 bits per heavy atom. The molecule has 36 heavy (non-hydrogen) atoms. The lowest BCUT2D eigenvalue weighted by atomic mass is 9.88. The molecule has 2 aromatic carbocycles. The minimum Gasteiger partial charge on any atom is -0.290 e. The van der Waals surface area contributed by atoms with Crippen molar-refractivity contribution in [2.45, 2.75) is 39.2 Å². The van der Waals surface area contributed by atoms with Crippen LogP contribution in [0.15, 0.2) is 65.5 Å². The quantitative estimate of drug-likeness (QED) is 0.416. The predicted molar refractivity (Wildman–Crippen MR) is 136 cm³/mol. The minimum absolute atomic E-state index is 0.182. The molecular weight excluding hydrogens is 455 g/mol. The Morgan fingerprint density at radius 1 is 1.03 bits per heavy atom. The lowest BCUT2D eigenvalue weighted by Crippen LogP contribution is -2.31. The van der Waals surface area contributed by atoms with Crippen LogP contribution in [0.5, 0.6) is 0 Å². The topological polar surface area (TPSA) is 92.3 Å². The lowest BCUT2D eigenvalue weighted by molar-refractivity contribution is -0.351. The number of pyridine rings is 1. The van der Waals surface area contributed by atoms with Gasteiger partial charge in [0, 0.05) is 17.0 Å². The first-order chi connectivity index (χ1) is 17.4. The molecule has 180 valence electrons. The van der Waals surface area contributed by atoms with Crippen LogP contribution < -0.4 is 16.4 Å². The molecule has 0 aliphatic heterocycles. The molecule has 0 fully saturated rings. The summed E-state index contributed by atoms with van der Waals surface area (Å²) in [5.41, 5.74) is 13.4. The maximum Gasteiger partial charge on any atom is 0.412 e. The van der Waals surface area contributed by atoms with Crippen LogP contribution in [0.1, 0.15) is 41.4 Å². The molecule has 0 saturated carbocycles. The van der Waals surface area contributed by atoms with Crippen LogP contribution in [-0.4, -0.2) is 19.2 Å². The Hall–Kier alpha value is -4.33. The number of aromatic nitrogens is 5. The number of nitrogen functional groups attached to an aromatic ring is 1. The summed E-state index contributed by atoms with van der Waals surface area (Å²) < 4.78 is 17.1. The third-order valence-electron chi connectivity index (χ3n) is 6.89. The van der Waals surface area contributed by atoms with Gasteiger partial charge in [-0.2, -0.15) is 4.68 Å². The van der Waals surface area contributed by atoms with Crippen LogP contribution in [-0.2, 0) is 6.42 Å². The summed E-state index contributed by atoms with van der Waals surface area (Å²) >= 11 is 0. The normalized spacial score (nSPS) is 15.2. The summed E-state index contributed by atoms with van der Waals surface area (Å²) in [5, 5.41) is 4.87. The summed E-state index contributed by atoms with van der Waals surface area (Å²) in [7, 11) is 0. The highest BCUT2D eigenvalue weighted by Crippen LogP contribution is 2.35. The van der Waals surface area contributed by atoms with Crippen molar-refractivity contribution in [1.29, 1.82) is 0 Å². The van der Waals surface area contributed by atoms with E-state index in [0.717, 1.165) is 57.7 Å². The van der Waals surface area contributed by atoms with Crippen LogP contribution in [0.3, 0.4) is 0 Å². The molecule has 3 aromatic heterocycles. The first-order valence-corrected chi connectivity index (χ1v) is 12.1. The van der Waals surface area contributed by atoms with Crippen LogP contribution in [0.4, 0.5) is 10.3 Å². The third kappa shape index (κ3) is 3.57. The van der Waals surface area contributed by atoms with Gasteiger partial charge in [-0.25, -0.2) is 14.2 Å². The summed E-state index contributed by atoms with van der Waals surface area (Å²) in [6.45, 7) is 3.88. The van der Waals surface area contributed by atoms with Crippen LogP contribution in [0, 0.1) is 19.7 Å². The maximum absolute atomic E-state index is 14.2. The van der Waals surface area contributed by atoms with Crippen LogP contribution in [0.25, 0.3) is 28.0 Å². The van der Waals surface area contributed by atoms with Gasteiger partial charge in [-0.1, -0.05) is 36.4 Å². The van der Waals surface area contributed by atoms with Crippen LogP contribution >= 0.6 is 0 Å². The van der Waals surface area contributed by atoms with Crippen molar-refractivity contribution in [2.24, 2.45) is 0 Å². The Bertz CT molecular complexity index is 1670. The number of hydrogen-bond donors (Lipinski definition) is 1. The number of nitrogens with two attached hydrogens (primary N) is 1. The van der Waals surface area contributed by atoms with E-state index in [1.165, 1.54) is 21.2 Å². The molecule has 1 atom stereocenters. The third-order valence-corrected chi connectivity index (χ3v) is 6.89. The average Bonchev–Trinajstić information content (AvgIpc) is 3.20. The number of H-pyrrole nitrogens is 1. The van der Waals surface area contributed by atoms with Gasteiger partial charge in [-0.15, -0.1) is 9.50 Å². The first-order valence-electron chi connectivity index (χ1n) is 12.1. The van der Waals surface area contributed by atoms with Gasteiger partial charge in [0.05, 0.1) is 11.6 Å². The summed E-state index contributed by atoms with van der Waals surface area (Å²) in [4.78, 5) is 21.6. The van der Waals surface area contributed by atoms with Crippen molar-refractivity contribution in [3.63, 3.8) is 0 Å². The van der Waals surface area contributed by atoms with Gasteiger partial charge in [0.25, 0.3) is 0 Å². The lowest BCUT2D eigenvalue weighted by Gasteiger charge is -2.24. The van der Waals surface area contributed by atoms with Gasteiger partial charge in [-0.3, -0.25) is 10.7 Å². The van der Waals surface area contributed by atoms with E-state index < -0.39 is 0 Å². The van der Waals surface area contributed by atoms with E-state index in [1.54, 1.807) is 6.07 Å². The number of rotatable bonds is 3. The minimum atomic E-state index is -0.370. The largest absolute Gasteiger partial charge is 0.412 e. The second kappa shape index (κ2) is 8.41. The van der Waals surface area contributed by atoms with Gasteiger partial charge in [0.1, 0.15) is 11.5 Å². The van der Waals surface area contributed by atoms with Crippen molar-refractivity contribution in [3.8, 4) is 22.4 Å². The van der Waals surface area contributed by atoms with Crippen molar-refractivity contribution in [2.75, 3.05) is 5.73 Å². The summed E-state index contributed by atoms with van der Waals surface area (Å²) in [6.07, 6.45) is 2.43. The zero-order valence-electron chi connectivity index (χ0n) is 20.1. The summed E-state index contributed by atoms with van der Waals surface area (Å²) in [5.74, 6) is -0.137. The van der Waals surface area contributed by atoms with Gasteiger partial charge in [-0.05, 0) is 74.1 Å². The Kier molecular flexibility index (Phi) is 5.17. The fraction of sp³-hybridized carbons (Fsp3) is 0.214. The van der Waals surface area contributed by atoms with E-state index in [1.807, 2.05) is 56.3 Å². The van der Waals surface area contributed by atoms with Crippen LogP contribution in [0.2, 0.25) is 0 Å². The number of benzene rings is 2. The molecule has 0 radical (unpaired) electrons. The molecule has 7 nitrogen and oxygen atoms in total. The van der Waals surface area contributed by atoms with Crippen molar-refractivity contribution >= 4 is 11.6 Å². The average molecular weight is 482 g/mol. The van der Waals surface area contributed by atoms with Gasteiger partial charge in [0.2, 0.25) is 5.65 Å². The van der Waals surface area contributed by atoms with E-state index in [2.05, 4.69) is 9.97 Å². The smallest absolute Gasteiger partial charge is 0.290 e. The Labute approximate surface area is 207 Å². The number of nitrogens with zero attached hydrogens (tertiary/aromatic N) is 4. The standard InChI is InChI=1S/C28H25FN6O/c1-16-13-20(14-17(2)31-16)24-25(19-7-4-3-5-8-19)32-27(30)34-26(24)33-35(28(34)36)23-10-6-9-18-11-12-21(29)15-22(18)23/h3-5,7-8,11-15,23H,6,9-10H2,1-2H3,(H2,30,32)/p+1/t23-/m1/s1. The number of hydrogen-bond acceptors (Lipinski definition) is 4. The van der Waals surface area contributed by atoms with Gasteiger partial charge in [0.15, 0.2) is 0 Å². The molecule has 1 aliphatic carbocycles. The molecule has 0 amide bonds. The van der Waals surface area contributed by atoms with E-state index in [-0.39, 0.29) is 23.5 Å². The van der Waals surface area contributed by atoms with Crippen molar-refractivity contribution in [3.05, 3.63) is 99.5 Å². The number of aromatic amines is 1. The molecule has 8 heteroatoms. The number of aryl methyl sites for hydroxylation is 3. The van der Waals surface area contributed by atoms with E-state index in [9.17, 15) is 9.18 Å². The number of nitrogens with one attached hydrogen (secondary N) is 1. The number of fused-ring (bicyclic) bond motifs is 2. The van der Waals surface area contributed by atoms with Gasteiger partial charge < -0.3 is 0 Å². The molecule has 3 N–H and O–H groups in total. The van der Waals surface area contributed by atoms with E-state index in [4.69, 9.17) is 10.8 Å². The Balaban J connectivity index is 1.68. The molecule has 0 bridgehead atoms. The van der Waals surface area contributed by atoms with E-state index in [0.29, 0.717) is 12.1 Å². The van der Waals surface area contributed by atoms with Crippen molar-refractivity contribution < 1.29 is 9.37 Å². The second-order valence-electron chi connectivity index (χ2n) is 9.40. The fourth-order valence-electron chi connectivity index (χ4n) is 5.40. The molecular formula is C28H26FN6O+. The zero-order valence-corrected chi connectivity index (χ0v) is 20.1. The van der Waals surface area contributed by atoms with E-state index >= 15 is 0 Å². The molecule has 3 heterocycles.